The molecule has 11 heteroatoms. The lowest BCUT2D eigenvalue weighted by molar-refractivity contribution is -0.143. The van der Waals surface area contributed by atoms with Crippen LogP contribution < -0.4 is 15.8 Å². The molecule has 0 aromatic heterocycles. The lowest BCUT2D eigenvalue weighted by Crippen LogP contribution is -2.18. The quantitative estimate of drug-likeness (QED) is 0.751. The summed E-state index contributed by atoms with van der Waals surface area (Å²) in [6, 6.07) is 4.08. The predicted octanol–water partition coefficient (Wildman–Crippen LogP) is 4.08. The van der Waals surface area contributed by atoms with Crippen LogP contribution >= 0.6 is 0 Å². The van der Waals surface area contributed by atoms with E-state index in [9.17, 15) is 35.9 Å². The fourth-order valence-corrected chi connectivity index (χ4v) is 2.24. The van der Waals surface area contributed by atoms with Gasteiger partial charge < -0.3 is 15.8 Å². The first kappa shape index (κ1) is 21.1. The Kier molecular flexibility index (Phi) is 5.57. The van der Waals surface area contributed by atoms with Gasteiger partial charge in [0.25, 0.3) is 5.91 Å². The van der Waals surface area contributed by atoms with E-state index in [0.29, 0.717) is 0 Å². The maximum atomic E-state index is 12.9. The van der Waals surface area contributed by atoms with Crippen molar-refractivity contribution in [3.05, 3.63) is 58.7 Å². The van der Waals surface area contributed by atoms with Gasteiger partial charge in [-0.3, -0.25) is 9.59 Å². The summed E-state index contributed by atoms with van der Waals surface area (Å²) in [7, 11) is 1.21. The molecule has 150 valence electrons. The van der Waals surface area contributed by atoms with Gasteiger partial charge in [0, 0.05) is 11.1 Å². The average Bonchev–Trinajstić information content (AvgIpc) is 2.59. The summed E-state index contributed by atoms with van der Waals surface area (Å²) in [6.45, 7) is 0. The first-order valence-corrected chi connectivity index (χ1v) is 7.41. The van der Waals surface area contributed by atoms with E-state index in [1.54, 1.807) is 0 Å². The third kappa shape index (κ3) is 4.72. The number of nitrogens with two attached hydrogens (primary N) is 1. The van der Waals surface area contributed by atoms with E-state index in [1.165, 1.54) is 19.2 Å². The Balaban J connectivity index is 2.50. The van der Waals surface area contributed by atoms with Crippen molar-refractivity contribution in [2.45, 2.75) is 12.4 Å². The molecule has 0 aliphatic carbocycles. The number of benzene rings is 2. The van der Waals surface area contributed by atoms with Crippen LogP contribution in [0.25, 0.3) is 0 Å². The number of amides is 2. The van der Waals surface area contributed by atoms with Crippen LogP contribution in [-0.2, 0) is 12.4 Å². The highest BCUT2D eigenvalue weighted by molar-refractivity contribution is 6.06. The van der Waals surface area contributed by atoms with E-state index in [2.05, 4.69) is 5.32 Å². The van der Waals surface area contributed by atoms with Crippen LogP contribution in [-0.4, -0.2) is 18.9 Å². The third-order valence-corrected chi connectivity index (χ3v) is 3.58. The summed E-state index contributed by atoms with van der Waals surface area (Å²) in [6.07, 6.45) is -10.2. The first-order chi connectivity index (χ1) is 12.8. The van der Waals surface area contributed by atoms with Crippen molar-refractivity contribution in [1.82, 2.24) is 0 Å². The number of primary amides is 1. The first-order valence-electron chi connectivity index (χ1n) is 7.41. The highest BCUT2D eigenvalue weighted by atomic mass is 19.4. The summed E-state index contributed by atoms with van der Waals surface area (Å²) < 4.78 is 82.4. The molecule has 2 rings (SSSR count). The number of hydrogen-bond donors (Lipinski definition) is 2. The number of ether oxygens (including phenoxy) is 1. The highest BCUT2D eigenvalue weighted by Crippen LogP contribution is 2.36. The zero-order valence-electron chi connectivity index (χ0n) is 14.0. The Morgan fingerprint density at radius 1 is 0.893 bits per heavy atom. The van der Waals surface area contributed by atoms with Crippen LogP contribution in [0.3, 0.4) is 0 Å². The van der Waals surface area contributed by atoms with Gasteiger partial charge in [-0.05, 0) is 36.4 Å². The largest absolute Gasteiger partial charge is 0.495 e. The lowest BCUT2D eigenvalue weighted by atomic mass is 10.0. The van der Waals surface area contributed by atoms with Crippen LogP contribution in [0.2, 0.25) is 0 Å². The molecule has 28 heavy (non-hydrogen) atoms. The van der Waals surface area contributed by atoms with Crippen molar-refractivity contribution in [1.29, 1.82) is 0 Å². The minimum absolute atomic E-state index is 0.0152. The van der Waals surface area contributed by atoms with Crippen LogP contribution in [0.1, 0.15) is 31.8 Å². The number of carbonyl (C=O) groups is 2. The number of hydrogen-bond acceptors (Lipinski definition) is 3. The van der Waals surface area contributed by atoms with Crippen LogP contribution in [0.15, 0.2) is 36.4 Å². The summed E-state index contributed by atoms with van der Waals surface area (Å²) in [5.41, 5.74) is 0.744. The molecule has 0 aliphatic rings. The Morgan fingerprint density at radius 2 is 1.43 bits per heavy atom. The Labute approximate surface area is 154 Å². The van der Waals surface area contributed by atoms with Gasteiger partial charge >= 0.3 is 12.4 Å². The normalized spacial score (nSPS) is 11.8. The minimum Gasteiger partial charge on any atom is -0.495 e. The molecule has 0 atom stereocenters. The molecular weight excluding hydrogens is 394 g/mol. The van der Waals surface area contributed by atoms with Crippen molar-refractivity contribution in [3.8, 4) is 5.75 Å². The number of anilines is 1. The minimum atomic E-state index is -5.10. The molecule has 0 radical (unpaired) electrons. The fourth-order valence-electron chi connectivity index (χ4n) is 2.24. The molecule has 2 amide bonds. The van der Waals surface area contributed by atoms with E-state index < -0.39 is 40.9 Å². The number of nitrogens with one attached hydrogen (secondary N) is 1. The van der Waals surface area contributed by atoms with E-state index in [0.717, 1.165) is 6.07 Å². The molecule has 0 fully saturated rings. The van der Waals surface area contributed by atoms with Gasteiger partial charge in [0.05, 0.1) is 23.9 Å². The smallest absolute Gasteiger partial charge is 0.416 e. The number of alkyl halides is 6. The SMILES string of the molecule is COc1ccc(C(N)=O)cc1NC(=O)c1cc(C(F)(F)F)cc(C(F)(F)F)c1. The van der Waals surface area contributed by atoms with Crippen molar-refractivity contribution < 1.29 is 40.7 Å². The molecule has 2 aromatic rings. The second kappa shape index (κ2) is 7.41. The third-order valence-electron chi connectivity index (χ3n) is 3.58. The maximum absolute atomic E-state index is 12.9. The van der Waals surface area contributed by atoms with Gasteiger partial charge in [-0.2, -0.15) is 26.3 Å². The van der Waals surface area contributed by atoms with Gasteiger partial charge in [-0.15, -0.1) is 0 Å². The van der Waals surface area contributed by atoms with E-state index >= 15 is 0 Å². The van der Waals surface area contributed by atoms with E-state index in [-0.39, 0.29) is 35.2 Å². The molecule has 0 bridgehead atoms. The topological polar surface area (TPSA) is 81.4 Å². The standard InChI is InChI=1S/C17H12F6N2O3/c1-28-13-3-2-8(14(24)26)6-12(13)25-15(27)9-4-10(16(18,19)20)7-11(5-9)17(21,22)23/h2-7H,1H3,(H2,24,26)(H,25,27). The fraction of sp³-hybridized carbons (Fsp3) is 0.176. The zero-order valence-corrected chi connectivity index (χ0v) is 14.0. The molecule has 0 saturated carbocycles. The summed E-state index contributed by atoms with van der Waals surface area (Å²) >= 11 is 0. The molecule has 0 spiro atoms. The van der Waals surface area contributed by atoms with Crippen molar-refractivity contribution >= 4 is 17.5 Å². The maximum Gasteiger partial charge on any atom is 0.416 e. The molecule has 0 heterocycles. The zero-order chi connectivity index (χ0) is 21.3. The Bertz CT molecular complexity index is 890. The van der Waals surface area contributed by atoms with Crippen LogP contribution in [0.4, 0.5) is 32.0 Å². The van der Waals surface area contributed by atoms with Crippen LogP contribution in [0.5, 0.6) is 5.75 Å². The van der Waals surface area contributed by atoms with Gasteiger partial charge in [0.2, 0.25) is 5.91 Å². The average molecular weight is 406 g/mol. The number of rotatable bonds is 4. The van der Waals surface area contributed by atoms with E-state index in [4.69, 9.17) is 10.5 Å². The second-order valence-electron chi connectivity index (χ2n) is 5.53. The predicted molar refractivity (Wildman–Crippen MR) is 85.9 cm³/mol. The molecule has 0 aliphatic heterocycles. The van der Waals surface area contributed by atoms with E-state index in [1.807, 2.05) is 0 Å². The Morgan fingerprint density at radius 3 is 1.86 bits per heavy atom. The van der Waals surface area contributed by atoms with Crippen molar-refractivity contribution in [2.24, 2.45) is 5.73 Å². The number of carbonyl (C=O) groups excluding carboxylic acids is 2. The lowest BCUT2D eigenvalue weighted by Gasteiger charge is -2.15. The van der Waals surface area contributed by atoms with Crippen molar-refractivity contribution in [3.63, 3.8) is 0 Å². The molecule has 3 N–H and O–H groups in total. The molecule has 2 aromatic carbocycles. The van der Waals surface area contributed by atoms with Gasteiger partial charge in [-0.1, -0.05) is 0 Å². The van der Waals surface area contributed by atoms with Gasteiger partial charge in [0.1, 0.15) is 5.75 Å². The van der Waals surface area contributed by atoms with Crippen LogP contribution in [0, 0.1) is 0 Å². The van der Waals surface area contributed by atoms with Crippen molar-refractivity contribution in [2.75, 3.05) is 12.4 Å². The Hall–Kier alpha value is -3.24. The number of halogens is 6. The van der Waals surface area contributed by atoms with Gasteiger partial charge in [0.15, 0.2) is 0 Å². The summed E-state index contributed by atoms with van der Waals surface area (Å²) in [5.74, 6) is -2.12. The second-order valence-corrected chi connectivity index (χ2v) is 5.53. The molecule has 0 saturated heterocycles. The molecule has 0 unspecified atom stereocenters. The monoisotopic (exact) mass is 406 g/mol. The number of methoxy groups -OCH3 is 1. The summed E-state index contributed by atoms with van der Waals surface area (Å²) in [5, 5.41) is 2.12. The van der Waals surface area contributed by atoms with Gasteiger partial charge in [-0.25, -0.2) is 0 Å². The summed E-state index contributed by atoms with van der Waals surface area (Å²) in [4.78, 5) is 23.5. The highest BCUT2D eigenvalue weighted by Gasteiger charge is 2.37. The molecular formula is C17H12F6N2O3. The molecule has 5 nitrogen and oxygen atoms in total.